The van der Waals surface area contributed by atoms with E-state index in [0.717, 1.165) is 12.8 Å². The third-order valence-corrected chi connectivity index (χ3v) is 2.58. The summed E-state index contributed by atoms with van der Waals surface area (Å²) >= 11 is 0. The molecule has 1 saturated carbocycles. The molecule has 0 aliphatic heterocycles. The normalized spacial score (nSPS) is 17.6. The standard InChI is InChI=1S/C9H11N5O2/c10-7-3-11-14(13-7)4-8-12-6(5-16-8)9(15)1-2-9/h3,5,15H,1-2,4H2,(H2,10,13). The summed E-state index contributed by atoms with van der Waals surface area (Å²) in [6.45, 7) is 0.313. The summed E-state index contributed by atoms with van der Waals surface area (Å²) in [5.41, 5.74) is 5.25. The highest BCUT2D eigenvalue weighted by molar-refractivity contribution is 5.19. The predicted molar refractivity (Wildman–Crippen MR) is 53.2 cm³/mol. The second-order valence-corrected chi connectivity index (χ2v) is 3.96. The van der Waals surface area contributed by atoms with E-state index in [1.54, 1.807) is 0 Å². The molecular formula is C9H11N5O2. The van der Waals surface area contributed by atoms with Crippen LogP contribution in [-0.4, -0.2) is 25.1 Å². The Kier molecular flexibility index (Phi) is 1.78. The number of rotatable bonds is 3. The highest BCUT2D eigenvalue weighted by Gasteiger charge is 2.44. The summed E-state index contributed by atoms with van der Waals surface area (Å²) in [4.78, 5) is 5.58. The lowest BCUT2D eigenvalue weighted by Gasteiger charge is -1.99. The molecule has 0 spiro atoms. The smallest absolute Gasteiger partial charge is 0.217 e. The van der Waals surface area contributed by atoms with Gasteiger partial charge >= 0.3 is 0 Å². The molecule has 0 bridgehead atoms. The van der Waals surface area contributed by atoms with E-state index in [0.29, 0.717) is 23.9 Å². The van der Waals surface area contributed by atoms with Crippen molar-refractivity contribution in [2.24, 2.45) is 0 Å². The summed E-state index contributed by atoms with van der Waals surface area (Å²) in [5.74, 6) is 0.818. The lowest BCUT2D eigenvalue weighted by Crippen LogP contribution is -2.07. The van der Waals surface area contributed by atoms with Crippen molar-refractivity contribution in [2.75, 3.05) is 5.73 Å². The average Bonchev–Trinajstić information content (AvgIpc) is 2.68. The van der Waals surface area contributed by atoms with Crippen LogP contribution in [0.2, 0.25) is 0 Å². The number of hydrogen-bond acceptors (Lipinski definition) is 6. The predicted octanol–water partition coefficient (Wildman–Crippen LogP) is -0.122. The maximum Gasteiger partial charge on any atom is 0.217 e. The van der Waals surface area contributed by atoms with Crippen LogP contribution >= 0.6 is 0 Å². The van der Waals surface area contributed by atoms with Gasteiger partial charge in [0.25, 0.3) is 0 Å². The molecule has 1 aliphatic carbocycles. The highest BCUT2D eigenvalue weighted by atomic mass is 16.3. The average molecular weight is 221 g/mol. The molecule has 0 saturated heterocycles. The molecule has 3 N–H and O–H groups in total. The van der Waals surface area contributed by atoms with Gasteiger partial charge in [0.15, 0.2) is 5.82 Å². The Morgan fingerprint density at radius 3 is 3.00 bits per heavy atom. The molecule has 0 amide bonds. The van der Waals surface area contributed by atoms with Crippen molar-refractivity contribution >= 4 is 5.82 Å². The number of anilines is 1. The van der Waals surface area contributed by atoms with Gasteiger partial charge in [-0.15, -0.1) is 5.10 Å². The van der Waals surface area contributed by atoms with Gasteiger partial charge in [-0.1, -0.05) is 0 Å². The van der Waals surface area contributed by atoms with Gasteiger partial charge in [0, 0.05) is 0 Å². The van der Waals surface area contributed by atoms with Gasteiger partial charge in [-0.3, -0.25) is 0 Å². The van der Waals surface area contributed by atoms with E-state index in [9.17, 15) is 5.11 Å². The van der Waals surface area contributed by atoms with E-state index in [2.05, 4.69) is 15.2 Å². The zero-order valence-electron chi connectivity index (χ0n) is 8.50. The molecule has 7 nitrogen and oxygen atoms in total. The first-order valence-electron chi connectivity index (χ1n) is 4.99. The first kappa shape index (κ1) is 9.34. The summed E-state index contributed by atoms with van der Waals surface area (Å²) in [6, 6.07) is 0. The number of nitrogen functional groups attached to an aromatic ring is 1. The molecule has 2 aromatic heterocycles. The lowest BCUT2D eigenvalue weighted by molar-refractivity contribution is 0.146. The molecule has 84 valence electrons. The fourth-order valence-corrected chi connectivity index (χ4v) is 1.48. The third-order valence-electron chi connectivity index (χ3n) is 2.58. The van der Waals surface area contributed by atoms with Crippen molar-refractivity contribution in [3.05, 3.63) is 24.0 Å². The maximum atomic E-state index is 9.80. The molecule has 2 heterocycles. The number of hydrogen-bond donors (Lipinski definition) is 2. The van der Waals surface area contributed by atoms with Crippen molar-refractivity contribution in [1.29, 1.82) is 0 Å². The SMILES string of the molecule is Nc1cnn(Cc2nc(C3(O)CC3)co2)n1. The van der Waals surface area contributed by atoms with E-state index < -0.39 is 5.60 Å². The van der Waals surface area contributed by atoms with Gasteiger partial charge in [-0.05, 0) is 12.8 Å². The summed E-state index contributed by atoms with van der Waals surface area (Å²) in [7, 11) is 0. The molecule has 3 rings (SSSR count). The third kappa shape index (κ3) is 1.54. The van der Waals surface area contributed by atoms with E-state index in [-0.39, 0.29) is 0 Å². The number of aliphatic hydroxyl groups is 1. The minimum absolute atomic E-state index is 0.313. The molecule has 1 fully saturated rings. The Balaban J connectivity index is 1.78. The molecule has 0 atom stereocenters. The monoisotopic (exact) mass is 221 g/mol. The van der Waals surface area contributed by atoms with Crippen LogP contribution in [-0.2, 0) is 12.1 Å². The van der Waals surface area contributed by atoms with Crippen LogP contribution in [0.15, 0.2) is 16.9 Å². The molecule has 7 heteroatoms. The molecule has 2 aromatic rings. The van der Waals surface area contributed by atoms with Gasteiger partial charge in [-0.2, -0.15) is 9.90 Å². The van der Waals surface area contributed by atoms with Crippen LogP contribution in [0.1, 0.15) is 24.4 Å². The topological polar surface area (TPSA) is 103 Å². The largest absolute Gasteiger partial charge is 0.446 e. The summed E-state index contributed by atoms with van der Waals surface area (Å²) in [5, 5.41) is 17.6. The van der Waals surface area contributed by atoms with Crippen LogP contribution in [0.5, 0.6) is 0 Å². The summed E-state index contributed by atoms with van der Waals surface area (Å²) < 4.78 is 5.23. The Hall–Kier alpha value is -1.89. The van der Waals surface area contributed by atoms with E-state index in [1.165, 1.54) is 17.3 Å². The van der Waals surface area contributed by atoms with Gasteiger partial charge < -0.3 is 15.3 Å². The molecular weight excluding hydrogens is 210 g/mol. The van der Waals surface area contributed by atoms with Crippen LogP contribution < -0.4 is 5.73 Å². The number of nitrogens with two attached hydrogens (primary N) is 1. The van der Waals surface area contributed by atoms with E-state index in [1.807, 2.05) is 0 Å². The molecule has 16 heavy (non-hydrogen) atoms. The Labute approximate surface area is 90.9 Å². The van der Waals surface area contributed by atoms with Crippen molar-refractivity contribution in [2.45, 2.75) is 25.0 Å². The molecule has 0 aromatic carbocycles. The minimum atomic E-state index is -0.766. The Morgan fingerprint density at radius 2 is 2.38 bits per heavy atom. The van der Waals surface area contributed by atoms with Gasteiger partial charge in [-0.25, -0.2) is 4.98 Å². The van der Waals surface area contributed by atoms with Gasteiger partial charge in [0.05, 0.1) is 6.20 Å². The molecule has 0 radical (unpaired) electrons. The van der Waals surface area contributed by atoms with Gasteiger partial charge in [0.1, 0.15) is 24.1 Å². The number of aromatic nitrogens is 4. The number of nitrogens with zero attached hydrogens (tertiary/aromatic N) is 4. The van der Waals surface area contributed by atoms with Crippen LogP contribution in [0.25, 0.3) is 0 Å². The van der Waals surface area contributed by atoms with Crippen molar-refractivity contribution in [3.8, 4) is 0 Å². The first-order valence-corrected chi connectivity index (χ1v) is 4.99. The Morgan fingerprint density at radius 1 is 1.56 bits per heavy atom. The van der Waals surface area contributed by atoms with Crippen LogP contribution in [0, 0.1) is 0 Å². The Bertz CT molecular complexity index is 513. The van der Waals surface area contributed by atoms with E-state index in [4.69, 9.17) is 10.2 Å². The first-order chi connectivity index (χ1) is 7.66. The second kappa shape index (κ2) is 3.05. The quantitative estimate of drug-likeness (QED) is 0.748. The minimum Gasteiger partial charge on any atom is -0.446 e. The highest BCUT2D eigenvalue weighted by Crippen LogP contribution is 2.44. The van der Waals surface area contributed by atoms with Crippen LogP contribution in [0.3, 0.4) is 0 Å². The fraction of sp³-hybridized carbons (Fsp3) is 0.444. The zero-order chi connectivity index (χ0) is 11.2. The zero-order valence-corrected chi connectivity index (χ0v) is 8.50. The second-order valence-electron chi connectivity index (χ2n) is 3.96. The van der Waals surface area contributed by atoms with Crippen molar-refractivity contribution in [1.82, 2.24) is 20.0 Å². The lowest BCUT2D eigenvalue weighted by atomic mass is 10.3. The van der Waals surface area contributed by atoms with E-state index >= 15 is 0 Å². The maximum absolute atomic E-state index is 9.80. The fourth-order valence-electron chi connectivity index (χ4n) is 1.48. The molecule has 1 aliphatic rings. The van der Waals surface area contributed by atoms with Crippen molar-refractivity contribution < 1.29 is 9.52 Å². The van der Waals surface area contributed by atoms with Gasteiger partial charge in [0.2, 0.25) is 5.89 Å². The molecule has 0 unspecified atom stereocenters. The number of oxazole rings is 1. The van der Waals surface area contributed by atoms with Crippen LogP contribution in [0.4, 0.5) is 5.82 Å². The van der Waals surface area contributed by atoms with Crippen molar-refractivity contribution in [3.63, 3.8) is 0 Å². The summed E-state index contributed by atoms with van der Waals surface area (Å²) in [6.07, 6.45) is 4.42.